The summed E-state index contributed by atoms with van der Waals surface area (Å²) in [4.78, 5) is 10.6. The van der Waals surface area contributed by atoms with Crippen molar-refractivity contribution in [3.05, 3.63) is 33.9 Å². The smallest absolute Gasteiger partial charge is 0.293 e. The van der Waals surface area contributed by atoms with Gasteiger partial charge < -0.3 is 4.74 Å². The summed E-state index contributed by atoms with van der Waals surface area (Å²) in [5.74, 6) is 0. The van der Waals surface area contributed by atoms with E-state index in [1.54, 1.807) is 16.7 Å². The lowest BCUT2D eigenvalue weighted by Crippen LogP contribution is -2.23. The van der Waals surface area contributed by atoms with Crippen LogP contribution in [0.15, 0.2) is 6.07 Å². The minimum Gasteiger partial charge on any atom is -0.462 e. The van der Waals surface area contributed by atoms with Crippen molar-refractivity contribution < 1.29 is 9.53 Å². The third-order valence-corrected chi connectivity index (χ3v) is 6.81. The first-order valence-corrected chi connectivity index (χ1v) is 12.7. The molecule has 0 atom stereocenters. The zero-order chi connectivity index (χ0) is 23.5. The molecule has 178 valence electrons. The Balaban J connectivity index is 2.47. The van der Waals surface area contributed by atoms with Crippen LogP contribution in [0.4, 0.5) is 0 Å². The molecule has 1 rings (SSSR count). The molecule has 0 N–H and O–H groups in total. The van der Waals surface area contributed by atoms with Gasteiger partial charge in [-0.2, -0.15) is 0 Å². The average molecular weight is 431 g/mol. The second-order valence-corrected chi connectivity index (χ2v) is 11.4. The summed E-state index contributed by atoms with van der Waals surface area (Å²) in [6.07, 6.45) is 14.9. The zero-order valence-electron chi connectivity index (χ0n) is 22.0. The van der Waals surface area contributed by atoms with Gasteiger partial charge in [0.25, 0.3) is 6.47 Å². The maximum atomic E-state index is 10.6. The van der Waals surface area contributed by atoms with Gasteiger partial charge in [0.1, 0.15) is 5.60 Å². The normalized spacial score (nSPS) is 12.3. The first-order chi connectivity index (χ1) is 14.5. The van der Waals surface area contributed by atoms with Gasteiger partial charge in [-0.15, -0.1) is 0 Å². The van der Waals surface area contributed by atoms with Crippen LogP contribution < -0.4 is 0 Å². The van der Waals surface area contributed by atoms with Gasteiger partial charge in [0, 0.05) is 0 Å². The number of ether oxygens (including phenoxy) is 1. The minimum absolute atomic E-state index is 0.326. The maximum absolute atomic E-state index is 10.6. The Bertz CT molecular complexity index is 664. The van der Waals surface area contributed by atoms with Gasteiger partial charge in [0.15, 0.2) is 0 Å². The van der Waals surface area contributed by atoms with Crippen molar-refractivity contribution in [1.82, 2.24) is 0 Å². The second kappa shape index (κ2) is 13.3. The maximum Gasteiger partial charge on any atom is 0.293 e. The Labute approximate surface area is 193 Å². The highest BCUT2D eigenvalue weighted by Gasteiger charge is 2.17. The van der Waals surface area contributed by atoms with Crippen LogP contribution in [-0.4, -0.2) is 12.1 Å². The Morgan fingerprint density at radius 3 is 1.87 bits per heavy atom. The van der Waals surface area contributed by atoms with E-state index in [2.05, 4.69) is 47.6 Å². The molecular weight excluding hydrogens is 380 g/mol. The van der Waals surface area contributed by atoms with E-state index in [1.165, 1.54) is 75.3 Å². The summed E-state index contributed by atoms with van der Waals surface area (Å²) < 4.78 is 5.15. The highest BCUT2D eigenvalue weighted by Crippen LogP contribution is 2.27. The number of benzene rings is 1. The van der Waals surface area contributed by atoms with Crippen molar-refractivity contribution in [3.63, 3.8) is 0 Å². The monoisotopic (exact) mass is 430 g/mol. The SMILES string of the molecule is Cc1cc(CCCCCCC(C)(C)C)c(C)c(CCCCCCC(C)(C)OC=O)c1C. The molecule has 0 aliphatic carbocycles. The fourth-order valence-electron chi connectivity index (χ4n) is 4.55. The molecule has 0 aromatic heterocycles. The molecule has 0 spiro atoms. The molecule has 1 aromatic carbocycles. The fraction of sp³-hybridized carbons (Fsp3) is 0.759. The lowest BCUT2D eigenvalue weighted by atomic mass is 9.87. The summed E-state index contributed by atoms with van der Waals surface area (Å²) in [5, 5.41) is 0. The van der Waals surface area contributed by atoms with Gasteiger partial charge in [-0.05, 0) is 113 Å². The predicted molar refractivity (Wildman–Crippen MR) is 135 cm³/mol. The molecule has 0 fully saturated rings. The fourth-order valence-corrected chi connectivity index (χ4v) is 4.55. The van der Waals surface area contributed by atoms with Crippen LogP contribution >= 0.6 is 0 Å². The number of aryl methyl sites for hydroxylation is 2. The number of carbonyl (C=O) groups excluding carboxylic acids is 1. The second-order valence-electron chi connectivity index (χ2n) is 11.4. The van der Waals surface area contributed by atoms with Gasteiger partial charge in [-0.3, -0.25) is 4.79 Å². The Morgan fingerprint density at radius 1 is 0.742 bits per heavy atom. The van der Waals surface area contributed by atoms with Gasteiger partial charge in [0.05, 0.1) is 0 Å². The molecule has 0 aliphatic heterocycles. The van der Waals surface area contributed by atoms with Crippen LogP contribution in [-0.2, 0) is 22.4 Å². The highest BCUT2D eigenvalue weighted by molar-refractivity contribution is 5.44. The third kappa shape index (κ3) is 11.2. The molecular formula is C29H50O2. The quantitative estimate of drug-likeness (QED) is 0.206. The summed E-state index contributed by atoms with van der Waals surface area (Å²) in [6.45, 7) is 18.5. The summed E-state index contributed by atoms with van der Waals surface area (Å²) in [5.41, 5.74) is 7.79. The summed E-state index contributed by atoms with van der Waals surface area (Å²) in [6, 6.07) is 2.44. The Kier molecular flexibility index (Phi) is 11.9. The third-order valence-electron chi connectivity index (χ3n) is 6.81. The standard InChI is InChI=1S/C29H50O2/c1-23-21-26(17-13-9-11-15-19-28(4,5)6)25(3)27(24(23)2)18-14-10-12-16-20-29(7,8)31-22-30/h21-22H,9-20H2,1-8H3. The largest absolute Gasteiger partial charge is 0.462 e. The number of hydrogen-bond donors (Lipinski definition) is 0. The molecule has 0 unspecified atom stereocenters. The van der Waals surface area contributed by atoms with Crippen LogP contribution in [0.3, 0.4) is 0 Å². The highest BCUT2D eigenvalue weighted by atomic mass is 16.5. The van der Waals surface area contributed by atoms with Crippen molar-refractivity contribution in [2.75, 3.05) is 0 Å². The van der Waals surface area contributed by atoms with Crippen molar-refractivity contribution in [2.45, 2.75) is 138 Å². The molecule has 0 saturated heterocycles. The molecule has 0 saturated carbocycles. The first kappa shape index (κ1) is 27.7. The van der Waals surface area contributed by atoms with E-state index in [1.807, 2.05) is 13.8 Å². The lowest BCUT2D eigenvalue weighted by molar-refractivity contribution is -0.140. The van der Waals surface area contributed by atoms with Crippen LogP contribution in [0.25, 0.3) is 0 Å². The van der Waals surface area contributed by atoms with E-state index < -0.39 is 0 Å². The van der Waals surface area contributed by atoms with E-state index in [9.17, 15) is 4.79 Å². The molecule has 0 bridgehead atoms. The van der Waals surface area contributed by atoms with E-state index in [0.29, 0.717) is 11.9 Å². The number of unbranched alkanes of at least 4 members (excludes halogenated alkanes) is 6. The van der Waals surface area contributed by atoms with Crippen LogP contribution in [0.1, 0.15) is 127 Å². The van der Waals surface area contributed by atoms with E-state index >= 15 is 0 Å². The summed E-state index contributed by atoms with van der Waals surface area (Å²) >= 11 is 0. The molecule has 2 heteroatoms. The summed E-state index contributed by atoms with van der Waals surface area (Å²) in [7, 11) is 0. The van der Waals surface area contributed by atoms with Gasteiger partial charge >= 0.3 is 0 Å². The lowest BCUT2D eigenvalue weighted by Gasteiger charge is -2.22. The Hall–Kier alpha value is -1.31. The van der Waals surface area contributed by atoms with Crippen molar-refractivity contribution in [1.29, 1.82) is 0 Å². The number of rotatable bonds is 15. The van der Waals surface area contributed by atoms with E-state index in [4.69, 9.17) is 4.74 Å². The molecule has 0 aliphatic rings. The molecule has 0 radical (unpaired) electrons. The first-order valence-electron chi connectivity index (χ1n) is 12.7. The van der Waals surface area contributed by atoms with E-state index in [-0.39, 0.29) is 5.60 Å². The molecule has 2 nitrogen and oxygen atoms in total. The average Bonchev–Trinajstić information content (AvgIpc) is 2.66. The zero-order valence-corrected chi connectivity index (χ0v) is 22.0. The van der Waals surface area contributed by atoms with Crippen molar-refractivity contribution in [2.24, 2.45) is 5.41 Å². The molecule has 0 amide bonds. The van der Waals surface area contributed by atoms with Gasteiger partial charge in [0.2, 0.25) is 0 Å². The van der Waals surface area contributed by atoms with Crippen LogP contribution in [0.2, 0.25) is 0 Å². The van der Waals surface area contributed by atoms with Crippen LogP contribution in [0.5, 0.6) is 0 Å². The molecule has 1 aromatic rings. The van der Waals surface area contributed by atoms with Gasteiger partial charge in [-0.1, -0.05) is 58.9 Å². The molecule has 31 heavy (non-hydrogen) atoms. The van der Waals surface area contributed by atoms with Crippen molar-refractivity contribution in [3.8, 4) is 0 Å². The topological polar surface area (TPSA) is 26.3 Å². The number of carbonyl (C=O) groups is 1. The van der Waals surface area contributed by atoms with Gasteiger partial charge in [-0.25, -0.2) is 0 Å². The minimum atomic E-state index is -0.326. The number of hydrogen-bond acceptors (Lipinski definition) is 2. The molecule has 0 heterocycles. The van der Waals surface area contributed by atoms with Crippen LogP contribution in [0, 0.1) is 26.2 Å². The van der Waals surface area contributed by atoms with E-state index in [0.717, 1.165) is 12.8 Å². The Morgan fingerprint density at radius 2 is 1.29 bits per heavy atom. The van der Waals surface area contributed by atoms with Crippen molar-refractivity contribution >= 4 is 6.47 Å². The predicted octanol–water partition coefficient (Wildman–Crippen LogP) is 8.60.